The van der Waals surface area contributed by atoms with Gasteiger partial charge in [0, 0.05) is 61.4 Å². The Hall–Kier alpha value is -5.50. The van der Waals surface area contributed by atoms with Crippen molar-refractivity contribution in [2.24, 2.45) is 47.3 Å². The summed E-state index contributed by atoms with van der Waals surface area (Å²) in [6.07, 6.45) is 54.9. The molecule has 0 aromatic heterocycles. The summed E-state index contributed by atoms with van der Waals surface area (Å²) in [4.78, 5) is 40.8. The molecule has 15 rings (SSSR count). The maximum absolute atomic E-state index is 16.6. The third kappa shape index (κ3) is 20.7. The normalized spacial score (nSPS) is 24.9. The lowest BCUT2D eigenvalue weighted by atomic mass is 9.68. The maximum Gasteiger partial charge on any atom is 0.196 e. The van der Waals surface area contributed by atoms with Crippen LogP contribution in [0.25, 0.3) is 22.3 Å². The third-order valence-corrected chi connectivity index (χ3v) is 33.4. The van der Waals surface area contributed by atoms with Gasteiger partial charge in [0.05, 0.1) is 0 Å². The van der Waals surface area contributed by atoms with E-state index in [1.807, 2.05) is 0 Å². The van der Waals surface area contributed by atoms with E-state index in [0.29, 0.717) is 45.9 Å². The van der Waals surface area contributed by atoms with Gasteiger partial charge in [0.25, 0.3) is 0 Å². The lowest BCUT2D eigenvalue weighted by Crippen LogP contribution is -2.25. The molecule has 592 valence electrons. The van der Waals surface area contributed by atoms with Gasteiger partial charge in [0.2, 0.25) is 0 Å². The van der Waals surface area contributed by atoms with E-state index in [4.69, 9.17) is 0 Å². The molecule has 6 heteroatoms. The summed E-state index contributed by atoms with van der Waals surface area (Å²) in [5.74, 6) is 9.70. The highest BCUT2D eigenvalue weighted by molar-refractivity contribution is 8.00. The maximum atomic E-state index is 16.6. The zero-order chi connectivity index (χ0) is 76.5. The van der Waals surface area contributed by atoms with Crippen LogP contribution >= 0.6 is 47.0 Å². The molecule has 0 bridgehead atoms. The van der Waals surface area contributed by atoms with E-state index in [2.05, 4.69) is 198 Å². The summed E-state index contributed by atoms with van der Waals surface area (Å²) >= 11 is 6.53. The molecular formula is C106H132O2S4. The predicted octanol–water partition coefficient (Wildman–Crippen LogP) is 33.4. The van der Waals surface area contributed by atoms with Crippen molar-refractivity contribution in [1.29, 1.82) is 0 Å². The zero-order valence-electron chi connectivity index (χ0n) is 68.8. The molecule has 0 unspecified atom stereocenters. The molecule has 8 aromatic carbocycles. The Morgan fingerprint density at radius 1 is 0.223 bits per heavy atom. The molecule has 0 heterocycles. The molecule has 0 amide bonds. The summed E-state index contributed by atoms with van der Waals surface area (Å²) in [5.41, 5.74) is 12.8. The van der Waals surface area contributed by atoms with Crippen LogP contribution in [-0.2, 0) is 0 Å². The number of carbonyl (C=O) groups is 2. The van der Waals surface area contributed by atoms with E-state index in [-0.39, 0.29) is 11.6 Å². The SMILES string of the molecule is CCCCCC1CCC(c2ccc(-c3ccc(Sc4ccc(Sc5ccc(C6CCC(C7CCC(CCCCC)CC7)CC6)cc5)c5c4C(=O)c4c(Sc6ccc(C7CCC(C8CCC(CCCCC)CC8)CC7)cc6)ccc(Sc6ccc(-c7ccc(C8CCC(CCCCC)CC8)cc7)cc6)c4C5=O)cc3)cc2)CC1. The minimum Gasteiger partial charge on any atom is -0.288 e. The van der Waals surface area contributed by atoms with Crippen molar-refractivity contribution < 1.29 is 9.59 Å². The molecule has 6 fully saturated rings. The van der Waals surface area contributed by atoms with Crippen LogP contribution in [0.5, 0.6) is 0 Å². The highest BCUT2D eigenvalue weighted by atomic mass is 32.2. The lowest BCUT2D eigenvalue weighted by Gasteiger charge is -2.38. The Morgan fingerprint density at radius 3 is 0.643 bits per heavy atom. The summed E-state index contributed by atoms with van der Waals surface area (Å²) in [6, 6.07) is 64.0. The van der Waals surface area contributed by atoms with Crippen LogP contribution in [0.3, 0.4) is 0 Å². The number of benzene rings is 8. The first-order valence-electron chi connectivity index (χ1n) is 45.9. The van der Waals surface area contributed by atoms with Crippen LogP contribution in [-0.4, -0.2) is 11.6 Å². The molecule has 6 saturated carbocycles. The van der Waals surface area contributed by atoms with E-state index >= 15 is 9.59 Å². The molecule has 2 nitrogen and oxygen atoms in total. The van der Waals surface area contributed by atoms with Crippen molar-refractivity contribution in [2.45, 2.75) is 347 Å². The van der Waals surface area contributed by atoms with E-state index in [0.717, 1.165) is 86.5 Å². The number of hydrogen-bond acceptors (Lipinski definition) is 6. The van der Waals surface area contributed by atoms with Gasteiger partial charge in [-0.2, -0.15) is 0 Å². The number of carbonyl (C=O) groups excluding carboxylic acids is 2. The van der Waals surface area contributed by atoms with Crippen molar-refractivity contribution in [3.05, 3.63) is 214 Å². The minimum absolute atomic E-state index is 0.0654. The quantitative estimate of drug-likeness (QED) is 0.0391. The molecule has 0 saturated heterocycles. The van der Waals surface area contributed by atoms with Gasteiger partial charge in [0.15, 0.2) is 11.6 Å². The molecular weight excluding hydrogens is 1430 g/mol. The number of rotatable bonds is 32. The molecule has 0 radical (unpaired) electrons. The van der Waals surface area contributed by atoms with Crippen LogP contribution in [0.2, 0.25) is 0 Å². The predicted molar refractivity (Wildman–Crippen MR) is 479 cm³/mol. The summed E-state index contributed by atoms with van der Waals surface area (Å²) in [6.45, 7) is 9.29. The van der Waals surface area contributed by atoms with Crippen LogP contribution in [0.15, 0.2) is 209 Å². The first-order chi connectivity index (χ1) is 55.1. The molecule has 7 aliphatic carbocycles. The first kappa shape index (κ1) is 81.6. The van der Waals surface area contributed by atoms with E-state index in [1.165, 1.54) is 301 Å². The monoisotopic (exact) mass is 1560 g/mol. The molecule has 7 aliphatic rings. The molecule has 0 aliphatic heterocycles. The van der Waals surface area contributed by atoms with E-state index in [9.17, 15) is 0 Å². The fraction of sp³-hybridized carbons (Fsp3) is 0.528. The first-order valence-corrected chi connectivity index (χ1v) is 49.1. The Bertz CT molecular complexity index is 3980. The van der Waals surface area contributed by atoms with Crippen molar-refractivity contribution in [2.75, 3.05) is 0 Å². The fourth-order valence-corrected chi connectivity index (χ4v) is 26.0. The average Bonchev–Trinajstić information content (AvgIpc) is 0.722. The lowest BCUT2D eigenvalue weighted by molar-refractivity contribution is 0.0970. The van der Waals surface area contributed by atoms with Gasteiger partial charge in [-0.1, -0.05) is 300 Å². The van der Waals surface area contributed by atoms with Crippen LogP contribution in [0, 0.1) is 47.3 Å². The Balaban J connectivity index is 0.702. The van der Waals surface area contributed by atoms with E-state index in [1.54, 1.807) is 47.0 Å². The number of hydrogen-bond donors (Lipinski definition) is 0. The highest BCUT2D eigenvalue weighted by Crippen LogP contribution is 2.52. The second kappa shape index (κ2) is 40.6. The summed E-state index contributed by atoms with van der Waals surface area (Å²) < 4.78 is 0. The second-order valence-electron chi connectivity index (χ2n) is 36.3. The van der Waals surface area contributed by atoms with Crippen molar-refractivity contribution in [1.82, 2.24) is 0 Å². The molecule has 112 heavy (non-hydrogen) atoms. The van der Waals surface area contributed by atoms with Crippen LogP contribution < -0.4 is 0 Å². The smallest absolute Gasteiger partial charge is 0.196 e. The molecule has 0 spiro atoms. The van der Waals surface area contributed by atoms with Gasteiger partial charge in [-0.3, -0.25) is 9.59 Å². The largest absolute Gasteiger partial charge is 0.288 e. The van der Waals surface area contributed by atoms with Crippen molar-refractivity contribution in [3.63, 3.8) is 0 Å². The summed E-state index contributed by atoms with van der Waals surface area (Å²) in [5, 5.41) is 0. The zero-order valence-corrected chi connectivity index (χ0v) is 72.1. The Kier molecular flexibility index (Phi) is 29.6. The number of ketones is 2. The van der Waals surface area contributed by atoms with E-state index < -0.39 is 0 Å². The second-order valence-corrected chi connectivity index (χ2v) is 40.8. The average molecular weight is 1570 g/mol. The van der Waals surface area contributed by atoms with Crippen LogP contribution in [0.4, 0.5) is 0 Å². The van der Waals surface area contributed by atoms with Gasteiger partial charge in [-0.05, 0) is 317 Å². The highest BCUT2D eigenvalue weighted by Gasteiger charge is 2.40. The Labute approximate surface area is 694 Å². The Morgan fingerprint density at radius 2 is 0.411 bits per heavy atom. The van der Waals surface area contributed by atoms with Gasteiger partial charge in [-0.25, -0.2) is 0 Å². The number of unbranched alkanes of at least 4 members (excludes halogenated alkanes) is 8. The van der Waals surface area contributed by atoms with Crippen LogP contribution in [0.1, 0.15) is 362 Å². The molecule has 0 N–H and O–H groups in total. The number of fused-ring (bicyclic) bond motifs is 2. The minimum atomic E-state index is -0.0654. The van der Waals surface area contributed by atoms with Gasteiger partial charge in [0.1, 0.15) is 0 Å². The fourth-order valence-electron chi connectivity index (χ4n) is 22.1. The van der Waals surface area contributed by atoms with Gasteiger partial charge >= 0.3 is 0 Å². The topological polar surface area (TPSA) is 34.1 Å². The molecule has 8 aromatic rings. The van der Waals surface area contributed by atoms with Gasteiger partial charge < -0.3 is 0 Å². The standard InChI is InChI=1S/C106H132O2S4/c1-5-9-13-17-73-21-29-77(30-22-73)81-37-45-85(46-38-81)89-53-61-93(62-54-89)109-97-69-70-98(110-94-63-55-90(56-64-94)86-47-39-82(40-48-86)78-31-23-74(24-32-78)18-14-10-6-2)102-101(97)105(107)103-99(111-95-65-57-91(58-66-95)87-49-41-83(42-50-87)79-33-25-75(26-34-79)19-15-11-7-3)71-72-100(104(103)106(102)108)112-96-67-59-92(60-68-96)88-51-43-84(44-52-88)80-35-27-76(28-36-80)20-16-12-8-4/h37-38,43-46,51-80,82-83,86-87H,5-36,39-42,47-50H2,1-4H3. The van der Waals surface area contributed by atoms with Gasteiger partial charge in [-0.15, -0.1) is 0 Å². The summed E-state index contributed by atoms with van der Waals surface area (Å²) in [7, 11) is 0. The third-order valence-electron chi connectivity index (χ3n) is 29.1. The van der Waals surface area contributed by atoms with Crippen molar-refractivity contribution >= 4 is 58.6 Å². The molecule has 0 atom stereocenters. The van der Waals surface area contributed by atoms with Crippen molar-refractivity contribution in [3.8, 4) is 22.3 Å².